The van der Waals surface area contributed by atoms with Gasteiger partial charge in [0.05, 0.1) is 5.69 Å². The molecule has 2 aliphatic rings. The summed E-state index contributed by atoms with van der Waals surface area (Å²) in [6, 6.07) is 2.67. The van der Waals surface area contributed by atoms with E-state index in [9.17, 15) is 0 Å². The van der Waals surface area contributed by atoms with Crippen LogP contribution in [0.15, 0.2) is 16.9 Å². The van der Waals surface area contributed by atoms with E-state index in [2.05, 4.69) is 15.4 Å². The van der Waals surface area contributed by atoms with Crippen molar-refractivity contribution in [2.45, 2.75) is 31.8 Å². The van der Waals surface area contributed by atoms with Gasteiger partial charge in [0.15, 0.2) is 0 Å². The summed E-state index contributed by atoms with van der Waals surface area (Å²) in [5.74, 6) is 0.929. The molecule has 2 fully saturated rings. The van der Waals surface area contributed by atoms with Gasteiger partial charge >= 0.3 is 0 Å². The van der Waals surface area contributed by atoms with Gasteiger partial charge in [-0.05, 0) is 38.3 Å². The molecule has 88 valence electrons. The maximum Gasteiger partial charge on any atom is 0.124 e. The lowest BCUT2D eigenvalue weighted by atomic mass is 10.2. The average Bonchev–Trinajstić information content (AvgIpc) is 3.03. The van der Waals surface area contributed by atoms with Gasteiger partial charge in [-0.15, -0.1) is 0 Å². The van der Waals surface area contributed by atoms with Crippen LogP contribution in [0.4, 0.5) is 0 Å². The van der Waals surface area contributed by atoms with E-state index in [4.69, 9.17) is 4.52 Å². The fraction of sp³-hybridized carbons (Fsp3) is 0.750. The van der Waals surface area contributed by atoms with Crippen LogP contribution in [0.2, 0.25) is 0 Å². The quantitative estimate of drug-likeness (QED) is 0.834. The Morgan fingerprint density at radius 3 is 3.19 bits per heavy atom. The summed E-state index contributed by atoms with van der Waals surface area (Å²) in [5.41, 5.74) is 1.05. The lowest BCUT2D eigenvalue weighted by molar-refractivity contribution is 0.243. The highest BCUT2D eigenvalue weighted by Gasteiger charge is 2.33. The van der Waals surface area contributed by atoms with Crippen molar-refractivity contribution in [3.05, 3.63) is 18.0 Å². The maximum atomic E-state index is 4.88. The Morgan fingerprint density at radius 1 is 1.50 bits per heavy atom. The van der Waals surface area contributed by atoms with Gasteiger partial charge in [-0.3, -0.25) is 4.90 Å². The van der Waals surface area contributed by atoms with Crippen LogP contribution in [-0.2, 0) is 6.54 Å². The van der Waals surface area contributed by atoms with Crippen LogP contribution >= 0.6 is 0 Å². The van der Waals surface area contributed by atoms with Crippen LogP contribution in [0.5, 0.6) is 0 Å². The first-order chi connectivity index (χ1) is 7.92. The van der Waals surface area contributed by atoms with Crippen molar-refractivity contribution < 1.29 is 4.52 Å². The number of aromatic nitrogens is 1. The third-order valence-corrected chi connectivity index (χ3v) is 3.58. The van der Waals surface area contributed by atoms with Gasteiger partial charge < -0.3 is 9.84 Å². The molecule has 0 amide bonds. The van der Waals surface area contributed by atoms with E-state index >= 15 is 0 Å². The lowest BCUT2D eigenvalue weighted by Crippen LogP contribution is -2.38. The second kappa shape index (κ2) is 4.55. The molecule has 1 aliphatic carbocycles. The van der Waals surface area contributed by atoms with Crippen molar-refractivity contribution in [1.82, 2.24) is 15.4 Å². The van der Waals surface area contributed by atoms with Gasteiger partial charge in [-0.2, -0.15) is 0 Å². The van der Waals surface area contributed by atoms with E-state index in [1.165, 1.54) is 25.8 Å². The first-order valence-corrected chi connectivity index (χ1v) is 6.27. The summed E-state index contributed by atoms with van der Waals surface area (Å²) in [6.45, 7) is 4.43. The molecule has 0 radical (unpaired) electrons. The molecule has 0 bridgehead atoms. The molecule has 1 aromatic rings. The fourth-order valence-corrected chi connectivity index (χ4v) is 2.53. The topological polar surface area (TPSA) is 41.3 Å². The first-order valence-electron chi connectivity index (χ1n) is 6.27. The zero-order valence-corrected chi connectivity index (χ0v) is 9.56. The third-order valence-electron chi connectivity index (χ3n) is 3.58. The highest BCUT2D eigenvalue weighted by atomic mass is 16.5. The minimum absolute atomic E-state index is 0.703. The van der Waals surface area contributed by atoms with Gasteiger partial charge in [-0.1, -0.05) is 5.16 Å². The molecule has 1 aromatic heterocycles. The Balaban J connectivity index is 1.60. The van der Waals surface area contributed by atoms with Crippen molar-refractivity contribution in [3.8, 4) is 0 Å². The molecule has 1 unspecified atom stereocenters. The second-order valence-corrected chi connectivity index (χ2v) is 4.98. The summed E-state index contributed by atoms with van der Waals surface area (Å²) in [6.07, 6.45) is 5.72. The fourth-order valence-electron chi connectivity index (χ4n) is 2.53. The minimum Gasteiger partial charge on any atom is -0.364 e. The molecule has 1 N–H and O–H groups in total. The van der Waals surface area contributed by atoms with Crippen LogP contribution in [-0.4, -0.2) is 35.7 Å². The second-order valence-electron chi connectivity index (χ2n) is 4.98. The van der Waals surface area contributed by atoms with Crippen molar-refractivity contribution in [2.24, 2.45) is 5.92 Å². The van der Waals surface area contributed by atoms with Crippen LogP contribution in [0.25, 0.3) is 0 Å². The maximum absolute atomic E-state index is 4.88. The van der Waals surface area contributed by atoms with Gasteiger partial charge in [-0.25, -0.2) is 0 Å². The van der Waals surface area contributed by atoms with Crippen molar-refractivity contribution in [3.63, 3.8) is 0 Å². The number of nitrogens with one attached hydrogen (secondary N) is 1. The summed E-state index contributed by atoms with van der Waals surface area (Å²) < 4.78 is 4.88. The summed E-state index contributed by atoms with van der Waals surface area (Å²) in [5, 5.41) is 7.66. The van der Waals surface area contributed by atoms with Crippen LogP contribution in [0, 0.1) is 5.92 Å². The Hall–Kier alpha value is -0.870. The first kappa shape index (κ1) is 10.3. The minimum atomic E-state index is 0.703. The Kier molecular flexibility index (Phi) is 2.93. The number of nitrogens with zero attached hydrogens (tertiary/aromatic N) is 2. The molecule has 1 aliphatic heterocycles. The average molecular weight is 221 g/mol. The Bertz CT molecular complexity index is 321. The third kappa shape index (κ3) is 2.44. The zero-order chi connectivity index (χ0) is 10.8. The highest BCUT2D eigenvalue weighted by molar-refractivity contribution is 4.97. The normalized spacial score (nSPS) is 27.9. The molecule has 4 heteroatoms. The standard InChI is InChI=1S/C12H19N3O/c1-5-13-12(10-2-3-10)9-15(6-1)8-11-4-7-16-14-11/h4,7,10,12-13H,1-3,5-6,8-9H2. The molecule has 2 heterocycles. The van der Waals surface area contributed by atoms with Gasteiger partial charge in [0.2, 0.25) is 0 Å². The molecule has 4 nitrogen and oxygen atoms in total. The lowest BCUT2D eigenvalue weighted by Gasteiger charge is -2.23. The van der Waals surface area contributed by atoms with Gasteiger partial charge in [0, 0.05) is 25.2 Å². The zero-order valence-electron chi connectivity index (χ0n) is 9.56. The Labute approximate surface area is 96.0 Å². The van der Waals surface area contributed by atoms with Crippen LogP contribution < -0.4 is 5.32 Å². The number of rotatable bonds is 3. The van der Waals surface area contributed by atoms with Crippen LogP contribution in [0.1, 0.15) is 25.0 Å². The SMILES string of the molecule is c1cc(CN2CCCNC(C3CC3)C2)no1. The largest absolute Gasteiger partial charge is 0.364 e. The number of hydrogen-bond donors (Lipinski definition) is 1. The van der Waals surface area contributed by atoms with E-state index in [0.717, 1.165) is 31.2 Å². The molecule has 0 aromatic carbocycles. The molecular weight excluding hydrogens is 202 g/mol. The van der Waals surface area contributed by atoms with Crippen molar-refractivity contribution in [2.75, 3.05) is 19.6 Å². The molecule has 1 atom stereocenters. The molecule has 16 heavy (non-hydrogen) atoms. The van der Waals surface area contributed by atoms with E-state index in [-0.39, 0.29) is 0 Å². The molecule has 0 spiro atoms. The Morgan fingerprint density at radius 2 is 2.44 bits per heavy atom. The molecule has 1 saturated carbocycles. The van der Waals surface area contributed by atoms with Crippen molar-refractivity contribution in [1.29, 1.82) is 0 Å². The van der Waals surface area contributed by atoms with E-state index < -0.39 is 0 Å². The van der Waals surface area contributed by atoms with Crippen LogP contribution in [0.3, 0.4) is 0 Å². The summed E-state index contributed by atoms with van der Waals surface area (Å²) >= 11 is 0. The van der Waals surface area contributed by atoms with Gasteiger partial charge in [0.25, 0.3) is 0 Å². The summed E-state index contributed by atoms with van der Waals surface area (Å²) in [7, 11) is 0. The smallest absolute Gasteiger partial charge is 0.124 e. The van der Waals surface area contributed by atoms with Gasteiger partial charge in [0.1, 0.15) is 6.26 Å². The highest BCUT2D eigenvalue weighted by Crippen LogP contribution is 2.33. The molecule has 1 saturated heterocycles. The van der Waals surface area contributed by atoms with E-state index in [1.54, 1.807) is 6.26 Å². The van der Waals surface area contributed by atoms with E-state index in [1.807, 2.05) is 6.07 Å². The monoisotopic (exact) mass is 221 g/mol. The predicted molar refractivity (Wildman–Crippen MR) is 60.9 cm³/mol. The van der Waals surface area contributed by atoms with E-state index in [0.29, 0.717) is 6.04 Å². The van der Waals surface area contributed by atoms with Crippen molar-refractivity contribution >= 4 is 0 Å². The molecule has 3 rings (SSSR count). The predicted octanol–water partition coefficient (Wildman–Crippen LogP) is 1.25. The number of hydrogen-bond acceptors (Lipinski definition) is 4. The summed E-state index contributed by atoms with van der Waals surface area (Å²) in [4.78, 5) is 2.50. The molecular formula is C12H19N3O.